The molecule has 0 radical (unpaired) electrons. The molecule has 19 heavy (non-hydrogen) atoms. The fourth-order valence-corrected chi connectivity index (χ4v) is 1.73. The molecule has 1 heterocycles. The summed E-state index contributed by atoms with van der Waals surface area (Å²) in [5.74, 6) is 0.0112. The number of hydrogen-bond donors (Lipinski definition) is 1. The second-order valence-corrected chi connectivity index (χ2v) is 4.42. The molecule has 0 aromatic carbocycles. The van der Waals surface area contributed by atoms with E-state index in [-0.39, 0.29) is 5.91 Å². The number of carbonyl (C=O) groups excluding carboxylic acids is 1. The summed E-state index contributed by atoms with van der Waals surface area (Å²) in [7, 11) is 3.47. The highest BCUT2D eigenvalue weighted by molar-refractivity contribution is 5.99. The van der Waals surface area contributed by atoms with Crippen molar-refractivity contribution in [1.29, 1.82) is 0 Å². The molecular formula is C14H23N3O2. The Bertz CT molecular complexity index is 396. The van der Waals surface area contributed by atoms with Crippen LogP contribution in [-0.4, -0.2) is 49.6 Å². The lowest BCUT2D eigenvalue weighted by atomic mass is 10.2. The van der Waals surface area contributed by atoms with E-state index in [4.69, 9.17) is 4.74 Å². The first-order valence-electron chi connectivity index (χ1n) is 6.63. The second-order valence-electron chi connectivity index (χ2n) is 4.42. The Balaban J connectivity index is 2.69. The van der Waals surface area contributed by atoms with Crippen LogP contribution in [-0.2, 0) is 4.74 Å². The standard InChI is InChI=1S/C14H23N3O2/c1-4-7-16-13-11-15-8-6-12(13)14(18)17(2)9-5-10-19-3/h6,8,11,16H,4-5,7,9-10H2,1-3H3. The summed E-state index contributed by atoms with van der Waals surface area (Å²) in [5, 5.41) is 3.23. The number of anilines is 1. The van der Waals surface area contributed by atoms with E-state index in [9.17, 15) is 4.79 Å². The van der Waals surface area contributed by atoms with Crippen molar-refractivity contribution in [3.63, 3.8) is 0 Å². The second kappa shape index (κ2) is 8.48. The summed E-state index contributed by atoms with van der Waals surface area (Å²) in [6, 6.07) is 1.76. The molecule has 0 saturated heterocycles. The first-order chi connectivity index (χ1) is 9.20. The van der Waals surface area contributed by atoms with Crippen molar-refractivity contribution >= 4 is 11.6 Å². The Hall–Kier alpha value is -1.62. The number of aromatic nitrogens is 1. The van der Waals surface area contributed by atoms with Crippen LogP contribution in [0.2, 0.25) is 0 Å². The van der Waals surface area contributed by atoms with Gasteiger partial charge in [0.25, 0.3) is 5.91 Å². The number of hydrogen-bond acceptors (Lipinski definition) is 4. The van der Waals surface area contributed by atoms with Gasteiger partial charge >= 0.3 is 0 Å². The Morgan fingerprint density at radius 3 is 3.00 bits per heavy atom. The molecule has 0 bridgehead atoms. The van der Waals surface area contributed by atoms with E-state index >= 15 is 0 Å². The number of amides is 1. The van der Waals surface area contributed by atoms with Crippen LogP contribution in [0, 0.1) is 0 Å². The highest BCUT2D eigenvalue weighted by Gasteiger charge is 2.15. The van der Waals surface area contributed by atoms with Gasteiger partial charge in [0.1, 0.15) is 0 Å². The minimum Gasteiger partial charge on any atom is -0.385 e. The van der Waals surface area contributed by atoms with Crippen molar-refractivity contribution in [2.45, 2.75) is 19.8 Å². The number of nitrogens with one attached hydrogen (secondary N) is 1. The number of rotatable bonds is 8. The van der Waals surface area contributed by atoms with E-state index in [0.29, 0.717) is 18.7 Å². The van der Waals surface area contributed by atoms with Crippen LogP contribution >= 0.6 is 0 Å². The zero-order valence-electron chi connectivity index (χ0n) is 12.0. The average Bonchev–Trinajstić information content (AvgIpc) is 2.44. The number of pyridine rings is 1. The summed E-state index contributed by atoms with van der Waals surface area (Å²) in [5.41, 5.74) is 1.47. The van der Waals surface area contributed by atoms with Crippen molar-refractivity contribution in [3.8, 4) is 0 Å². The van der Waals surface area contributed by atoms with Crippen LogP contribution in [0.4, 0.5) is 5.69 Å². The van der Waals surface area contributed by atoms with Crippen molar-refractivity contribution in [1.82, 2.24) is 9.88 Å². The quantitative estimate of drug-likeness (QED) is 0.731. The summed E-state index contributed by atoms with van der Waals surface area (Å²) in [6.07, 6.45) is 5.19. The molecule has 1 aromatic heterocycles. The Labute approximate surface area is 115 Å². The lowest BCUT2D eigenvalue weighted by Gasteiger charge is -2.19. The van der Waals surface area contributed by atoms with Crippen molar-refractivity contribution in [2.24, 2.45) is 0 Å². The highest BCUT2D eigenvalue weighted by Crippen LogP contribution is 2.15. The first-order valence-corrected chi connectivity index (χ1v) is 6.63. The van der Waals surface area contributed by atoms with Gasteiger partial charge in [-0.15, -0.1) is 0 Å². The van der Waals surface area contributed by atoms with Crippen LogP contribution in [0.15, 0.2) is 18.5 Å². The molecule has 0 aliphatic rings. The van der Waals surface area contributed by atoms with Crippen molar-refractivity contribution in [3.05, 3.63) is 24.0 Å². The topological polar surface area (TPSA) is 54.5 Å². The van der Waals surface area contributed by atoms with Crippen LogP contribution in [0.3, 0.4) is 0 Å². The molecule has 1 rings (SSSR count). The van der Waals surface area contributed by atoms with Gasteiger partial charge in [0.05, 0.1) is 17.4 Å². The zero-order chi connectivity index (χ0) is 14.1. The first kappa shape index (κ1) is 15.4. The van der Waals surface area contributed by atoms with Gasteiger partial charge in [-0.05, 0) is 18.9 Å². The van der Waals surface area contributed by atoms with Crippen molar-refractivity contribution < 1.29 is 9.53 Å². The third-order valence-electron chi connectivity index (χ3n) is 2.81. The fraction of sp³-hybridized carbons (Fsp3) is 0.571. The maximum atomic E-state index is 12.3. The molecule has 5 nitrogen and oxygen atoms in total. The minimum absolute atomic E-state index is 0.0112. The Morgan fingerprint density at radius 2 is 2.32 bits per heavy atom. The number of ether oxygens (including phenoxy) is 1. The molecule has 5 heteroatoms. The Morgan fingerprint density at radius 1 is 1.53 bits per heavy atom. The summed E-state index contributed by atoms with van der Waals surface area (Å²) >= 11 is 0. The van der Waals surface area contributed by atoms with E-state index in [1.807, 2.05) is 7.05 Å². The third-order valence-corrected chi connectivity index (χ3v) is 2.81. The maximum Gasteiger partial charge on any atom is 0.255 e. The van der Waals surface area contributed by atoms with E-state index in [2.05, 4.69) is 17.2 Å². The molecular weight excluding hydrogens is 242 g/mol. The predicted molar refractivity (Wildman–Crippen MR) is 76.5 cm³/mol. The molecule has 0 aliphatic carbocycles. The SMILES string of the molecule is CCCNc1cnccc1C(=O)N(C)CCCOC. The molecule has 0 atom stereocenters. The highest BCUT2D eigenvalue weighted by atomic mass is 16.5. The van der Waals surface area contributed by atoms with Crippen LogP contribution in [0.25, 0.3) is 0 Å². The lowest BCUT2D eigenvalue weighted by molar-refractivity contribution is 0.0780. The summed E-state index contributed by atoms with van der Waals surface area (Å²) in [4.78, 5) is 18.1. The molecule has 0 spiro atoms. The van der Waals surface area contributed by atoms with E-state index in [0.717, 1.165) is 25.1 Å². The largest absolute Gasteiger partial charge is 0.385 e. The maximum absolute atomic E-state index is 12.3. The zero-order valence-corrected chi connectivity index (χ0v) is 12.0. The molecule has 0 saturated carbocycles. The van der Waals surface area contributed by atoms with E-state index in [1.54, 1.807) is 30.5 Å². The molecule has 1 aromatic rings. The van der Waals surface area contributed by atoms with Crippen molar-refractivity contribution in [2.75, 3.05) is 39.2 Å². The predicted octanol–water partition coefficient (Wildman–Crippen LogP) is 2.01. The third kappa shape index (κ3) is 4.87. The number of methoxy groups -OCH3 is 1. The van der Waals surface area contributed by atoms with Gasteiger partial charge < -0.3 is 15.0 Å². The fourth-order valence-electron chi connectivity index (χ4n) is 1.73. The van der Waals surface area contributed by atoms with Gasteiger partial charge in [-0.25, -0.2) is 0 Å². The normalized spacial score (nSPS) is 10.3. The van der Waals surface area contributed by atoms with E-state index < -0.39 is 0 Å². The van der Waals surface area contributed by atoms with E-state index in [1.165, 1.54) is 0 Å². The molecule has 0 unspecified atom stereocenters. The molecule has 1 amide bonds. The number of nitrogens with zero attached hydrogens (tertiary/aromatic N) is 2. The lowest BCUT2D eigenvalue weighted by Crippen LogP contribution is -2.29. The minimum atomic E-state index is 0.0112. The smallest absolute Gasteiger partial charge is 0.255 e. The van der Waals surface area contributed by atoms with Crippen LogP contribution in [0.5, 0.6) is 0 Å². The number of carbonyl (C=O) groups is 1. The monoisotopic (exact) mass is 265 g/mol. The molecule has 0 aliphatic heterocycles. The van der Waals surface area contributed by atoms with Gasteiger partial charge in [0.15, 0.2) is 0 Å². The molecule has 0 fully saturated rings. The van der Waals surface area contributed by atoms with Crippen LogP contribution < -0.4 is 5.32 Å². The van der Waals surface area contributed by atoms with Gasteiger partial charge in [-0.3, -0.25) is 9.78 Å². The van der Waals surface area contributed by atoms with Gasteiger partial charge in [0, 0.05) is 40.1 Å². The Kier molecular flexibility index (Phi) is 6.89. The summed E-state index contributed by atoms with van der Waals surface area (Å²) < 4.78 is 4.99. The summed E-state index contributed by atoms with van der Waals surface area (Å²) in [6.45, 7) is 4.26. The average molecular weight is 265 g/mol. The van der Waals surface area contributed by atoms with Gasteiger partial charge in [-0.1, -0.05) is 6.92 Å². The van der Waals surface area contributed by atoms with Crippen LogP contribution in [0.1, 0.15) is 30.1 Å². The molecule has 1 N–H and O–H groups in total. The van der Waals surface area contributed by atoms with Gasteiger partial charge in [0.2, 0.25) is 0 Å². The van der Waals surface area contributed by atoms with Gasteiger partial charge in [-0.2, -0.15) is 0 Å². The molecule has 106 valence electrons.